The van der Waals surface area contributed by atoms with Crippen LogP contribution in [-0.4, -0.2) is 23.1 Å². The molecule has 0 aromatic rings. The van der Waals surface area contributed by atoms with Gasteiger partial charge in [-0.05, 0) is 74.3 Å². The molecule has 4 rings (SSSR count). The Morgan fingerprint density at radius 2 is 1.93 bits per heavy atom. The van der Waals surface area contributed by atoms with Crippen LogP contribution in [0, 0.1) is 29.1 Å². The molecule has 2 saturated carbocycles. The second-order valence-corrected chi connectivity index (χ2v) is 9.45. The van der Waals surface area contributed by atoms with Crippen LogP contribution in [0.25, 0.3) is 0 Å². The molecule has 5 heteroatoms. The first kappa shape index (κ1) is 18.9. The van der Waals surface area contributed by atoms with Crippen molar-refractivity contribution in [2.75, 3.05) is 0 Å². The molecule has 0 aromatic heterocycles. The molecule has 4 aliphatic carbocycles. The molecule has 0 unspecified atom stereocenters. The van der Waals surface area contributed by atoms with E-state index >= 15 is 0 Å². The fourth-order valence-electron chi connectivity index (χ4n) is 6.76. The van der Waals surface area contributed by atoms with Gasteiger partial charge in [0.05, 0.1) is 0 Å². The zero-order valence-electron chi connectivity index (χ0n) is 16.2. The van der Waals surface area contributed by atoms with Crippen LogP contribution >= 0.6 is 11.6 Å². The predicted octanol–water partition coefficient (Wildman–Crippen LogP) is 4.36. The van der Waals surface area contributed by atoms with E-state index in [0.717, 1.165) is 31.3 Å². The lowest BCUT2D eigenvalue weighted by molar-refractivity contribution is -0.184. The summed E-state index contributed by atoms with van der Waals surface area (Å²) in [7, 11) is 0. The first-order valence-corrected chi connectivity index (χ1v) is 10.4. The summed E-state index contributed by atoms with van der Waals surface area (Å²) in [6.07, 6.45) is 8.58. The maximum Gasteiger partial charge on any atom is 0.303 e. The van der Waals surface area contributed by atoms with Gasteiger partial charge in [-0.1, -0.05) is 24.6 Å². The number of fused-ring (bicyclic) bond motifs is 5. The van der Waals surface area contributed by atoms with Crippen LogP contribution in [0.15, 0.2) is 22.8 Å². The van der Waals surface area contributed by atoms with Gasteiger partial charge in [-0.2, -0.15) is 0 Å². The summed E-state index contributed by atoms with van der Waals surface area (Å²) in [5.74, 6) is 1.04. The maximum atomic E-state index is 12.7. The molecule has 0 heterocycles. The number of halogens is 1. The number of carbonyl (C=O) groups excluding carboxylic acids is 3. The number of hydrogen-bond acceptors (Lipinski definition) is 4. The second-order valence-electron chi connectivity index (χ2n) is 9.05. The van der Waals surface area contributed by atoms with Gasteiger partial charge in [0.15, 0.2) is 17.2 Å². The first-order valence-electron chi connectivity index (χ1n) is 10.0. The van der Waals surface area contributed by atoms with Crippen molar-refractivity contribution in [3.8, 4) is 0 Å². The standard InChI is InChI=1S/C22H27ClO4/c1-12(24)22(27-13(2)25)9-7-19-17-11-20(23)18-10-14(26)4-5-15(18)16(17)6-8-21(19,22)3/h10-11,15-17,19H,4-9H2,1-3H3/t15-,16-,17-,19+,21+,22+/m1/s1. The largest absolute Gasteiger partial charge is 0.451 e. The molecule has 4 nitrogen and oxygen atoms in total. The average Bonchev–Trinajstić information content (AvgIpc) is 2.89. The summed E-state index contributed by atoms with van der Waals surface area (Å²) < 4.78 is 5.76. The zero-order valence-corrected chi connectivity index (χ0v) is 17.0. The number of hydrogen-bond donors (Lipinski definition) is 0. The highest BCUT2D eigenvalue weighted by Gasteiger charge is 2.66. The predicted molar refractivity (Wildman–Crippen MR) is 102 cm³/mol. The molecular weight excluding hydrogens is 364 g/mol. The summed E-state index contributed by atoms with van der Waals surface area (Å²) in [4.78, 5) is 36.4. The molecule has 4 aliphatic rings. The highest BCUT2D eigenvalue weighted by atomic mass is 35.5. The van der Waals surface area contributed by atoms with E-state index in [1.165, 1.54) is 6.92 Å². The lowest BCUT2D eigenvalue weighted by atomic mass is 9.51. The van der Waals surface area contributed by atoms with Crippen molar-refractivity contribution in [2.45, 2.75) is 64.9 Å². The molecular formula is C22H27ClO4. The Hall–Kier alpha value is -1.42. The molecule has 0 spiro atoms. The third kappa shape index (κ3) is 2.59. The van der Waals surface area contributed by atoms with E-state index in [4.69, 9.17) is 16.3 Å². The molecule has 0 bridgehead atoms. The van der Waals surface area contributed by atoms with Gasteiger partial charge < -0.3 is 4.74 Å². The smallest absolute Gasteiger partial charge is 0.303 e. The fourth-order valence-corrected chi connectivity index (χ4v) is 7.10. The Morgan fingerprint density at radius 3 is 2.59 bits per heavy atom. The summed E-state index contributed by atoms with van der Waals surface area (Å²) in [6.45, 7) is 5.07. The summed E-state index contributed by atoms with van der Waals surface area (Å²) in [5.41, 5.74) is -0.382. The fraction of sp³-hybridized carbons (Fsp3) is 0.682. The van der Waals surface area contributed by atoms with Gasteiger partial charge in [-0.25, -0.2) is 0 Å². The van der Waals surface area contributed by atoms with Crippen LogP contribution in [0.1, 0.15) is 59.3 Å². The van der Waals surface area contributed by atoms with E-state index in [1.807, 2.05) is 0 Å². The molecule has 6 atom stereocenters. The minimum atomic E-state index is -1.02. The molecule has 0 N–H and O–H groups in total. The van der Waals surface area contributed by atoms with E-state index in [2.05, 4.69) is 13.0 Å². The quantitative estimate of drug-likeness (QED) is 0.657. The number of carbonyl (C=O) groups is 3. The molecule has 2 fully saturated rings. The third-order valence-electron chi connectivity index (χ3n) is 7.94. The lowest BCUT2D eigenvalue weighted by Crippen LogP contribution is -2.57. The molecule has 146 valence electrons. The Bertz CT molecular complexity index is 781. The van der Waals surface area contributed by atoms with Crippen molar-refractivity contribution < 1.29 is 19.1 Å². The molecule has 0 aromatic carbocycles. The maximum absolute atomic E-state index is 12.7. The van der Waals surface area contributed by atoms with E-state index in [1.54, 1.807) is 13.0 Å². The van der Waals surface area contributed by atoms with Gasteiger partial charge in [0.1, 0.15) is 0 Å². The molecule has 0 radical (unpaired) electrons. The Balaban J connectivity index is 1.75. The van der Waals surface area contributed by atoms with Gasteiger partial charge in [0.25, 0.3) is 0 Å². The van der Waals surface area contributed by atoms with Gasteiger partial charge >= 0.3 is 5.97 Å². The highest BCUT2D eigenvalue weighted by molar-refractivity contribution is 6.32. The Kier molecular flexibility index (Phi) is 4.41. The van der Waals surface area contributed by atoms with Crippen molar-refractivity contribution in [1.82, 2.24) is 0 Å². The van der Waals surface area contributed by atoms with Gasteiger partial charge in [-0.15, -0.1) is 0 Å². The van der Waals surface area contributed by atoms with Crippen LogP contribution in [0.5, 0.6) is 0 Å². The first-order chi connectivity index (χ1) is 12.7. The van der Waals surface area contributed by atoms with Gasteiger partial charge in [0.2, 0.25) is 0 Å². The normalized spacial score (nSPS) is 43.0. The van der Waals surface area contributed by atoms with Crippen molar-refractivity contribution in [3.63, 3.8) is 0 Å². The van der Waals surface area contributed by atoms with E-state index in [9.17, 15) is 14.4 Å². The van der Waals surface area contributed by atoms with Gasteiger partial charge in [0, 0.05) is 23.8 Å². The SMILES string of the molecule is CC(=O)O[C@]1(C(C)=O)CC[C@H]2[C@@H]3C=C(Cl)C4=CC(=O)CC[C@@H]4[C@H]3CC[C@@]21C. The zero-order chi connectivity index (χ0) is 19.6. The van der Waals surface area contributed by atoms with E-state index in [-0.39, 0.29) is 34.8 Å². The van der Waals surface area contributed by atoms with Crippen LogP contribution in [0.2, 0.25) is 0 Å². The molecule has 27 heavy (non-hydrogen) atoms. The van der Waals surface area contributed by atoms with Crippen LogP contribution < -0.4 is 0 Å². The van der Waals surface area contributed by atoms with E-state index < -0.39 is 5.60 Å². The second kappa shape index (κ2) is 6.30. The summed E-state index contributed by atoms with van der Waals surface area (Å²) >= 11 is 6.62. The van der Waals surface area contributed by atoms with Crippen molar-refractivity contribution in [2.24, 2.45) is 29.1 Å². The summed E-state index contributed by atoms with van der Waals surface area (Å²) in [6, 6.07) is 0. The minimum absolute atomic E-state index is 0.0455. The Morgan fingerprint density at radius 1 is 1.19 bits per heavy atom. The van der Waals surface area contributed by atoms with Crippen LogP contribution in [-0.2, 0) is 19.1 Å². The number of esters is 1. The number of ether oxygens (including phenoxy) is 1. The van der Waals surface area contributed by atoms with E-state index in [0.29, 0.717) is 29.7 Å². The topological polar surface area (TPSA) is 60.4 Å². The molecule has 0 saturated heterocycles. The number of Topliss-reactive ketones (excluding diaryl/α,β-unsaturated/α-hetero) is 1. The monoisotopic (exact) mass is 390 g/mol. The van der Waals surface area contributed by atoms with Gasteiger partial charge in [-0.3, -0.25) is 14.4 Å². The molecule has 0 aliphatic heterocycles. The number of rotatable bonds is 2. The van der Waals surface area contributed by atoms with Crippen molar-refractivity contribution >= 4 is 29.1 Å². The molecule has 0 amide bonds. The number of ketones is 2. The lowest BCUT2D eigenvalue weighted by Gasteiger charge is -2.54. The minimum Gasteiger partial charge on any atom is -0.451 e. The third-order valence-corrected chi connectivity index (χ3v) is 8.28. The average molecular weight is 391 g/mol. The van der Waals surface area contributed by atoms with Crippen molar-refractivity contribution in [3.05, 3.63) is 22.8 Å². The number of allylic oxidation sites excluding steroid dienone is 4. The van der Waals surface area contributed by atoms with Crippen LogP contribution in [0.3, 0.4) is 0 Å². The highest BCUT2D eigenvalue weighted by Crippen LogP contribution is 2.65. The summed E-state index contributed by atoms with van der Waals surface area (Å²) in [5, 5.41) is 0.700. The van der Waals surface area contributed by atoms with Crippen LogP contribution in [0.4, 0.5) is 0 Å². The Labute approximate surface area is 165 Å². The van der Waals surface area contributed by atoms with Crippen molar-refractivity contribution in [1.29, 1.82) is 0 Å².